The van der Waals surface area contributed by atoms with Crippen LogP contribution in [-0.4, -0.2) is 24.5 Å². The number of hydrogen-bond acceptors (Lipinski definition) is 3. The molecule has 0 aliphatic heterocycles. The van der Waals surface area contributed by atoms with E-state index < -0.39 is 12.0 Å². The van der Waals surface area contributed by atoms with Crippen LogP contribution in [-0.2, 0) is 20.7 Å². The van der Waals surface area contributed by atoms with Crippen molar-refractivity contribution < 1.29 is 14.3 Å². The molecule has 1 rings (SSSR count). The molecule has 1 amide bonds. The minimum absolute atomic E-state index is 0.107. The lowest BCUT2D eigenvalue weighted by Crippen LogP contribution is -2.43. The molecule has 0 radical (unpaired) electrons. The first-order valence-electron chi connectivity index (χ1n) is 7.78. The Morgan fingerprint density at radius 3 is 2.64 bits per heavy atom. The molecule has 4 nitrogen and oxygen atoms in total. The molecule has 1 N–H and O–H groups in total. The van der Waals surface area contributed by atoms with Crippen LogP contribution < -0.4 is 5.32 Å². The third-order valence-corrected chi connectivity index (χ3v) is 3.25. The van der Waals surface area contributed by atoms with Gasteiger partial charge in [0.1, 0.15) is 12.6 Å². The number of carbonyl (C=O) groups is 2. The van der Waals surface area contributed by atoms with Gasteiger partial charge >= 0.3 is 5.97 Å². The molecule has 1 atom stereocenters. The third kappa shape index (κ3) is 7.07. The average molecular weight is 303 g/mol. The van der Waals surface area contributed by atoms with E-state index in [-0.39, 0.29) is 12.5 Å². The van der Waals surface area contributed by atoms with E-state index >= 15 is 0 Å². The molecule has 0 fully saturated rings. The van der Waals surface area contributed by atoms with Gasteiger partial charge in [0.25, 0.3) is 0 Å². The van der Waals surface area contributed by atoms with Gasteiger partial charge in [-0.15, -0.1) is 0 Å². The molecule has 4 heteroatoms. The predicted molar refractivity (Wildman–Crippen MR) is 87.4 cm³/mol. The Hall–Kier alpha value is -2.10. The Morgan fingerprint density at radius 1 is 1.27 bits per heavy atom. The van der Waals surface area contributed by atoms with Crippen molar-refractivity contribution in [1.29, 1.82) is 0 Å². The van der Waals surface area contributed by atoms with Crippen LogP contribution >= 0.6 is 0 Å². The van der Waals surface area contributed by atoms with Crippen molar-refractivity contribution in [1.82, 2.24) is 5.32 Å². The Kier molecular flexibility index (Phi) is 8.65. The molecule has 0 aromatic heterocycles. The molecule has 0 aliphatic carbocycles. The second-order valence-corrected chi connectivity index (χ2v) is 5.19. The molecule has 0 saturated heterocycles. The summed E-state index contributed by atoms with van der Waals surface area (Å²) in [5.41, 5.74) is 0.983. The largest absolute Gasteiger partial charge is 0.460 e. The molecule has 0 aliphatic rings. The van der Waals surface area contributed by atoms with Gasteiger partial charge in [0, 0.05) is 12.8 Å². The van der Waals surface area contributed by atoms with E-state index in [2.05, 4.69) is 18.8 Å². The maximum atomic E-state index is 12.1. The normalized spacial score (nSPS) is 11.5. The number of carbonyl (C=O) groups excluding carboxylic acids is 2. The molecule has 1 aromatic rings. The van der Waals surface area contributed by atoms with Crippen LogP contribution in [0.4, 0.5) is 0 Å². The second-order valence-electron chi connectivity index (χ2n) is 5.19. The van der Waals surface area contributed by atoms with Crippen LogP contribution in [0.1, 0.15) is 38.2 Å². The fourth-order valence-electron chi connectivity index (χ4n) is 2.09. The van der Waals surface area contributed by atoms with Crippen molar-refractivity contribution in [2.75, 3.05) is 6.61 Å². The molecule has 120 valence electrons. The van der Waals surface area contributed by atoms with E-state index in [0.29, 0.717) is 12.8 Å². The Labute approximate surface area is 132 Å². The van der Waals surface area contributed by atoms with Gasteiger partial charge in [-0.2, -0.15) is 0 Å². The smallest absolute Gasteiger partial charge is 0.329 e. The van der Waals surface area contributed by atoms with Crippen molar-refractivity contribution in [3.05, 3.63) is 48.6 Å². The van der Waals surface area contributed by atoms with E-state index in [1.807, 2.05) is 30.3 Å². The summed E-state index contributed by atoms with van der Waals surface area (Å²) in [6, 6.07) is 8.93. The van der Waals surface area contributed by atoms with Gasteiger partial charge in [-0.25, -0.2) is 4.79 Å². The number of hydrogen-bond donors (Lipinski definition) is 1. The van der Waals surface area contributed by atoms with Crippen LogP contribution in [0.25, 0.3) is 0 Å². The molecular weight excluding hydrogens is 278 g/mol. The highest BCUT2D eigenvalue weighted by Gasteiger charge is 2.22. The molecular formula is C18H25NO3. The molecule has 0 heterocycles. The summed E-state index contributed by atoms with van der Waals surface area (Å²) >= 11 is 0. The molecule has 0 saturated carbocycles. The van der Waals surface area contributed by atoms with E-state index in [1.54, 1.807) is 0 Å². The van der Waals surface area contributed by atoms with Gasteiger partial charge in [0.15, 0.2) is 0 Å². The maximum absolute atomic E-state index is 12.1. The zero-order chi connectivity index (χ0) is 16.2. The summed E-state index contributed by atoms with van der Waals surface area (Å²) in [4.78, 5) is 24.0. The van der Waals surface area contributed by atoms with E-state index in [0.717, 1.165) is 24.8 Å². The monoisotopic (exact) mass is 303 g/mol. The van der Waals surface area contributed by atoms with Gasteiger partial charge in [-0.05, 0) is 12.0 Å². The fourth-order valence-corrected chi connectivity index (χ4v) is 2.09. The quantitative estimate of drug-likeness (QED) is 0.411. The molecule has 0 bridgehead atoms. The summed E-state index contributed by atoms with van der Waals surface area (Å²) in [6.07, 6.45) is 5.28. The number of nitrogens with one attached hydrogen (secondary N) is 1. The summed E-state index contributed by atoms with van der Waals surface area (Å²) in [6.45, 7) is 5.76. The molecule has 1 aromatic carbocycles. The van der Waals surface area contributed by atoms with Crippen molar-refractivity contribution in [2.45, 2.75) is 45.1 Å². The lowest BCUT2D eigenvalue weighted by molar-refractivity contribution is -0.146. The van der Waals surface area contributed by atoms with Crippen LogP contribution in [0.2, 0.25) is 0 Å². The summed E-state index contributed by atoms with van der Waals surface area (Å²) in [5.74, 6) is -0.530. The van der Waals surface area contributed by atoms with E-state index in [9.17, 15) is 9.59 Å². The molecule has 22 heavy (non-hydrogen) atoms. The van der Waals surface area contributed by atoms with Crippen LogP contribution in [0.3, 0.4) is 0 Å². The zero-order valence-electron chi connectivity index (χ0n) is 13.2. The first-order chi connectivity index (χ1) is 10.7. The van der Waals surface area contributed by atoms with Gasteiger partial charge < -0.3 is 10.1 Å². The van der Waals surface area contributed by atoms with Crippen LogP contribution in [0.15, 0.2) is 43.0 Å². The number of esters is 1. The standard InChI is InChI=1S/C18H25NO3/c1-3-5-7-12-17(20)19-16(18(21)22-13-4-2)14-15-10-8-6-9-11-15/h4,6,8-11,16H,2-3,5,7,12-14H2,1H3,(H,19,20)/t16-/m0/s1. The molecule has 0 spiro atoms. The zero-order valence-corrected chi connectivity index (χ0v) is 13.2. The lowest BCUT2D eigenvalue weighted by atomic mass is 10.1. The van der Waals surface area contributed by atoms with Gasteiger partial charge in [0.05, 0.1) is 0 Å². The Morgan fingerprint density at radius 2 is 2.00 bits per heavy atom. The fraction of sp³-hybridized carbons (Fsp3) is 0.444. The SMILES string of the molecule is C=CCOC(=O)[C@H](Cc1ccccc1)NC(=O)CCCCC. The van der Waals surface area contributed by atoms with Crippen molar-refractivity contribution in [2.24, 2.45) is 0 Å². The first-order valence-corrected chi connectivity index (χ1v) is 7.78. The van der Waals surface area contributed by atoms with Crippen molar-refractivity contribution in [3.8, 4) is 0 Å². The maximum Gasteiger partial charge on any atom is 0.329 e. The predicted octanol–water partition coefficient (Wildman–Crippen LogP) is 3.02. The second kappa shape index (κ2) is 10.6. The minimum Gasteiger partial charge on any atom is -0.460 e. The van der Waals surface area contributed by atoms with Crippen molar-refractivity contribution >= 4 is 11.9 Å². The summed E-state index contributed by atoms with van der Waals surface area (Å²) in [5, 5.41) is 2.79. The first kappa shape index (κ1) is 18.0. The highest BCUT2D eigenvalue weighted by atomic mass is 16.5. The number of benzene rings is 1. The number of amides is 1. The topological polar surface area (TPSA) is 55.4 Å². The van der Waals surface area contributed by atoms with Gasteiger partial charge in [-0.1, -0.05) is 62.8 Å². The highest BCUT2D eigenvalue weighted by Crippen LogP contribution is 2.06. The van der Waals surface area contributed by atoms with E-state index in [4.69, 9.17) is 4.74 Å². The Bertz CT molecular complexity index is 470. The number of ether oxygens (including phenoxy) is 1. The third-order valence-electron chi connectivity index (χ3n) is 3.25. The van der Waals surface area contributed by atoms with E-state index in [1.165, 1.54) is 6.08 Å². The lowest BCUT2D eigenvalue weighted by Gasteiger charge is -2.17. The number of rotatable bonds is 10. The minimum atomic E-state index is -0.656. The number of unbranched alkanes of at least 4 members (excludes halogenated alkanes) is 2. The van der Waals surface area contributed by atoms with Crippen LogP contribution in [0, 0.1) is 0 Å². The molecule has 0 unspecified atom stereocenters. The summed E-state index contributed by atoms with van der Waals surface area (Å²) in [7, 11) is 0. The Balaban J connectivity index is 2.62. The van der Waals surface area contributed by atoms with Crippen LogP contribution in [0.5, 0.6) is 0 Å². The summed E-state index contributed by atoms with van der Waals surface area (Å²) < 4.78 is 5.08. The highest BCUT2D eigenvalue weighted by molar-refractivity contribution is 5.84. The van der Waals surface area contributed by atoms with Gasteiger partial charge in [0.2, 0.25) is 5.91 Å². The average Bonchev–Trinajstić information content (AvgIpc) is 2.53. The van der Waals surface area contributed by atoms with Crippen molar-refractivity contribution in [3.63, 3.8) is 0 Å². The van der Waals surface area contributed by atoms with Gasteiger partial charge in [-0.3, -0.25) is 4.79 Å².